The van der Waals surface area contributed by atoms with Crippen molar-refractivity contribution in [2.24, 2.45) is 0 Å². The average Bonchev–Trinajstić information content (AvgIpc) is 3.27. The Morgan fingerprint density at radius 1 is 1.36 bits per heavy atom. The molecule has 1 aliphatic rings. The Morgan fingerprint density at radius 3 is 3.08 bits per heavy atom. The molecule has 4 heterocycles. The highest BCUT2D eigenvalue weighted by atomic mass is 16.5. The summed E-state index contributed by atoms with van der Waals surface area (Å²) in [6.07, 6.45) is 3.88. The second-order valence-corrected chi connectivity index (χ2v) is 5.99. The molecule has 3 N–H and O–H groups in total. The Morgan fingerprint density at radius 2 is 2.24 bits per heavy atom. The fourth-order valence-electron chi connectivity index (χ4n) is 2.92. The number of hydrogen-bond acceptors (Lipinski definition) is 6. The highest BCUT2D eigenvalue weighted by Crippen LogP contribution is 2.24. The van der Waals surface area contributed by atoms with Gasteiger partial charge in [0.2, 0.25) is 0 Å². The summed E-state index contributed by atoms with van der Waals surface area (Å²) in [4.78, 5) is 16.2. The Kier molecular flexibility index (Phi) is 4.30. The van der Waals surface area contributed by atoms with Crippen LogP contribution in [0.2, 0.25) is 0 Å². The first-order valence-electron chi connectivity index (χ1n) is 8.30. The molecule has 1 aliphatic heterocycles. The molecular weight excluding hydrogens is 322 g/mol. The van der Waals surface area contributed by atoms with Crippen molar-refractivity contribution in [3.8, 4) is 0 Å². The van der Waals surface area contributed by atoms with Crippen LogP contribution in [0.15, 0.2) is 35.0 Å². The molecule has 0 atom stereocenters. The maximum atomic E-state index is 12.0. The minimum Gasteiger partial charge on any atom is -0.359 e. The van der Waals surface area contributed by atoms with Crippen LogP contribution in [0, 0.1) is 0 Å². The molecule has 4 rings (SSSR count). The van der Waals surface area contributed by atoms with Crippen molar-refractivity contribution in [2.45, 2.75) is 25.3 Å². The molecule has 130 valence electrons. The van der Waals surface area contributed by atoms with Crippen molar-refractivity contribution in [2.75, 3.05) is 18.4 Å². The summed E-state index contributed by atoms with van der Waals surface area (Å²) in [6, 6.07) is 7.04. The van der Waals surface area contributed by atoms with Gasteiger partial charge >= 0.3 is 6.03 Å². The van der Waals surface area contributed by atoms with Gasteiger partial charge in [0.05, 0.1) is 12.2 Å². The summed E-state index contributed by atoms with van der Waals surface area (Å²) in [5.41, 5.74) is 1.63. The molecule has 0 radical (unpaired) electrons. The van der Waals surface area contributed by atoms with Gasteiger partial charge in [0, 0.05) is 18.2 Å². The largest absolute Gasteiger partial charge is 0.359 e. The summed E-state index contributed by atoms with van der Waals surface area (Å²) < 4.78 is 6.91. The van der Waals surface area contributed by atoms with Crippen LogP contribution < -0.4 is 16.0 Å². The van der Waals surface area contributed by atoms with Crippen LogP contribution in [0.25, 0.3) is 5.65 Å². The van der Waals surface area contributed by atoms with Gasteiger partial charge in [-0.05, 0) is 38.1 Å². The molecule has 9 nitrogen and oxygen atoms in total. The number of nitrogens with zero attached hydrogens (tertiary/aromatic N) is 4. The minimum atomic E-state index is -0.393. The molecule has 0 spiro atoms. The molecule has 9 heteroatoms. The zero-order valence-electron chi connectivity index (χ0n) is 13.6. The number of nitrogens with one attached hydrogen (secondary N) is 3. The third-order valence-electron chi connectivity index (χ3n) is 4.22. The van der Waals surface area contributed by atoms with E-state index >= 15 is 0 Å². The van der Waals surface area contributed by atoms with Gasteiger partial charge in [-0.2, -0.15) is 4.98 Å². The van der Waals surface area contributed by atoms with E-state index in [4.69, 9.17) is 4.52 Å². The number of rotatable bonds is 4. The highest BCUT2D eigenvalue weighted by molar-refractivity contribution is 5.87. The summed E-state index contributed by atoms with van der Waals surface area (Å²) in [5.74, 6) is 1.30. The summed E-state index contributed by atoms with van der Waals surface area (Å²) in [5, 5.41) is 17.0. The predicted octanol–water partition coefficient (Wildman–Crippen LogP) is 1.51. The van der Waals surface area contributed by atoms with Gasteiger partial charge < -0.3 is 15.2 Å². The number of fused-ring (bicyclic) bond motifs is 1. The van der Waals surface area contributed by atoms with Gasteiger partial charge in [-0.25, -0.2) is 9.31 Å². The molecule has 3 aromatic heterocycles. The lowest BCUT2D eigenvalue weighted by atomic mass is 9.95. The maximum absolute atomic E-state index is 12.0. The van der Waals surface area contributed by atoms with Crippen molar-refractivity contribution < 1.29 is 9.32 Å². The number of carbonyl (C=O) groups excluding carboxylic acids is 1. The van der Waals surface area contributed by atoms with Crippen molar-refractivity contribution in [3.63, 3.8) is 0 Å². The second kappa shape index (κ2) is 6.89. The van der Waals surface area contributed by atoms with Crippen LogP contribution in [0.5, 0.6) is 0 Å². The standard InChI is InChI=1S/C16H19N7O2/c24-16(20-15-19-14-3-1-2-8-23(14)21-15)18-10-12-9-13(22-25-12)11-4-6-17-7-5-11/h1-3,8-9,11,17H,4-7,10H2,(H2,18,20,21,24). The van der Waals surface area contributed by atoms with E-state index in [0.717, 1.165) is 31.6 Å². The number of aromatic nitrogens is 4. The number of piperidine rings is 1. The van der Waals surface area contributed by atoms with E-state index in [9.17, 15) is 4.79 Å². The van der Waals surface area contributed by atoms with Gasteiger partial charge in [0.1, 0.15) is 0 Å². The first-order valence-corrected chi connectivity index (χ1v) is 8.30. The van der Waals surface area contributed by atoms with E-state index in [1.54, 1.807) is 10.7 Å². The van der Waals surface area contributed by atoms with Crippen LogP contribution in [-0.4, -0.2) is 38.9 Å². The number of pyridine rings is 1. The van der Waals surface area contributed by atoms with Gasteiger partial charge in [0.15, 0.2) is 11.4 Å². The molecule has 0 saturated carbocycles. The number of amides is 2. The lowest BCUT2D eigenvalue weighted by Gasteiger charge is -2.19. The van der Waals surface area contributed by atoms with Gasteiger partial charge in [0.25, 0.3) is 5.95 Å². The van der Waals surface area contributed by atoms with Crippen molar-refractivity contribution in [3.05, 3.63) is 41.9 Å². The van der Waals surface area contributed by atoms with E-state index < -0.39 is 6.03 Å². The molecule has 1 fully saturated rings. The molecule has 0 aromatic carbocycles. The molecule has 0 bridgehead atoms. The van der Waals surface area contributed by atoms with Crippen LogP contribution in [0.3, 0.4) is 0 Å². The number of anilines is 1. The smallest absolute Gasteiger partial charge is 0.322 e. The summed E-state index contributed by atoms with van der Waals surface area (Å²) >= 11 is 0. The molecule has 3 aromatic rings. The monoisotopic (exact) mass is 341 g/mol. The summed E-state index contributed by atoms with van der Waals surface area (Å²) in [6.45, 7) is 2.26. The Labute approximate surface area is 143 Å². The SMILES string of the molecule is O=C(NCc1cc(C2CCNCC2)no1)Nc1nc2ccccn2n1. The zero-order valence-corrected chi connectivity index (χ0v) is 13.6. The number of urea groups is 1. The second-order valence-electron chi connectivity index (χ2n) is 5.99. The predicted molar refractivity (Wildman–Crippen MR) is 90.2 cm³/mol. The lowest BCUT2D eigenvalue weighted by Crippen LogP contribution is -2.28. The van der Waals surface area contributed by atoms with Crippen molar-refractivity contribution in [1.82, 2.24) is 30.4 Å². The van der Waals surface area contributed by atoms with Gasteiger partial charge in [-0.3, -0.25) is 5.32 Å². The minimum absolute atomic E-state index is 0.247. The Hall–Kier alpha value is -2.94. The quantitative estimate of drug-likeness (QED) is 0.663. The van der Waals surface area contributed by atoms with E-state index in [-0.39, 0.29) is 12.5 Å². The van der Waals surface area contributed by atoms with Gasteiger partial charge in [-0.15, -0.1) is 5.10 Å². The zero-order chi connectivity index (χ0) is 17.1. The van der Waals surface area contributed by atoms with Crippen LogP contribution in [0.4, 0.5) is 10.7 Å². The van der Waals surface area contributed by atoms with E-state index in [0.29, 0.717) is 17.3 Å². The number of hydrogen-bond donors (Lipinski definition) is 3. The summed E-state index contributed by atoms with van der Waals surface area (Å²) in [7, 11) is 0. The fourth-order valence-corrected chi connectivity index (χ4v) is 2.92. The van der Waals surface area contributed by atoms with Crippen molar-refractivity contribution >= 4 is 17.6 Å². The first kappa shape index (κ1) is 15.6. The molecule has 0 unspecified atom stereocenters. The Balaban J connectivity index is 1.31. The molecule has 0 aliphatic carbocycles. The molecule has 25 heavy (non-hydrogen) atoms. The molecular formula is C16H19N7O2. The lowest BCUT2D eigenvalue weighted by molar-refractivity contribution is 0.250. The van der Waals surface area contributed by atoms with E-state index in [1.807, 2.05) is 24.3 Å². The third kappa shape index (κ3) is 3.61. The van der Waals surface area contributed by atoms with Crippen LogP contribution >= 0.6 is 0 Å². The average molecular weight is 341 g/mol. The first-order chi connectivity index (χ1) is 12.3. The maximum Gasteiger partial charge on any atom is 0.322 e. The molecule has 2 amide bonds. The van der Waals surface area contributed by atoms with Crippen molar-refractivity contribution in [1.29, 1.82) is 0 Å². The van der Waals surface area contributed by atoms with Crippen LogP contribution in [-0.2, 0) is 6.54 Å². The molecule has 1 saturated heterocycles. The topological polar surface area (TPSA) is 109 Å². The van der Waals surface area contributed by atoms with E-state index in [1.165, 1.54) is 0 Å². The highest BCUT2D eigenvalue weighted by Gasteiger charge is 2.19. The third-order valence-corrected chi connectivity index (χ3v) is 4.22. The Bertz CT molecular complexity index is 833. The van der Waals surface area contributed by atoms with Crippen LogP contribution in [0.1, 0.15) is 30.2 Å². The van der Waals surface area contributed by atoms with Gasteiger partial charge in [-0.1, -0.05) is 11.2 Å². The normalized spacial score (nSPS) is 15.4. The number of carbonyl (C=O) groups is 1. The van der Waals surface area contributed by atoms with E-state index in [2.05, 4.69) is 31.2 Å². The fraction of sp³-hybridized carbons (Fsp3) is 0.375.